The van der Waals surface area contributed by atoms with E-state index in [1.807, 2.05) is 22.6 Å². The van der Waals surface area contributed by atoms with E-state index in [1.165, 1.54) is 30.7 Å². The van der Waals surface area contributed by atoms with E-state index in [0.29, 0.717) is 27.8 Å². The largest absolute Gasteiger partial charge is 0.354 e. The fourth-order valence-electron chi connectivity index (χ4n) is 4.47. The molecule has 0 spiro atoms. The first-order valence-electron chi connectivity index (χ1n) is 11.6. The van der Waals surface area contributed by atoms with Crippen molar-refractivity contribution in [1.82, 2.24) is 13.7 Å². The summed E-state index contributed by atoms with van der Waals surface area (Å²) < 4.78 is 19.3. The maximum absolute atomic E-state index is 15.2. The monoisotopic (exact) mass is 615 g/mol. The number of carbonyl (C=O) groups excluding carboxylic acids is 1. The van der Waals surface area contributed by atoms with Gasteiger partial charge in [0.1, 0.15) is 16.9 Å². The lowest BCUT2D eigenvalue weighted by atomic mass is 10.1. The van der Waals surface area contributed by atoms with Crippen LogP contribution in [0.4, 0.5) is 21.5 Å². The zero-order chi connectivity index (χ0) is 26.6. The smallest absolute Gasteiger partial charge is 0.337 e. The van der Waals surface area contributed by atoms with Crippen LogP contribution in [0.1, 0.15) is 31.4 Å². The number of hydrogen-bond donors (Lipinski definition) is 2. The molecule has 1 aliphatic carbocycles. The van der Waals surface area contributed by atoms with Gasteiger partial charge in [0, 0.05) is 40.5 Å². The second-order valence-electron chi connectivity index (χ2n) is 9.07. The van der Waals surface area contributed by atoms with Gasteiger partial charge in [-0.1, -0.05) is 0 Å². The summed E-state index contributed by atoms with van der Waals surface area (Å²) in [5, 5.41) is 5.95. The molecule has 2 N–H and O–H groups in total. The van der Waals surface area contributed by atoms with E-state index in [-0.39, 0.29) is 39.9 Å². The topological polar surface area (TPSA) is 107 Å². The van der Waals surface area contributed by atoms with Gasteiger partial charge in [-0.25, -0.2) is 13.8 Å². The Morgan fingerprint density at radius 3 is 2.27 bits per heavy atom. The van der Waals surface area contributed by atoms with Gasteiger partial charge in [-0.3, -0.25) is 23.5 Å². The van der Waals surface area contributed by atoms with Gasteiger partial charge in [0.2, 0.25) is 5.91 Å². The van der Waals surface area contributed by atoms with Gasteiger partial charge in [-0.05, 0) is 84.8 Å². The molecule has 2 heterocycles. The van der Waals surface area contributed by atoms with E-state index < -0.39 is 22.6 Å². The predicted molar refractivity (Wildman–Crippen MR) is 149 cm³/mol. The minimum absolute atomic E-state index is 0.0000235. The van der Waals surface area contributed by atoms with E-state index in [1.54, 1.807) is 37.3 Å². The lowest BCUT2D eigenvalue weighted by Crippen LogP contribution is -2.42. The van der Waals surface area contributed by atoms with Crippen molar-refractivity contribution in [3.63, 3.8) is 0 Å². The Labute approximate surface area is 223 Å². The van der Waals surface area contributed by atoms with Crippen LogP contribution in [0, 0.1) is 16.3 Å². The van der Waals surface area contributed by atoms with Gasteiger partial charge >= 0.3 is 5.69 Å². The van der Waals surface area contributed by atoms with Crippen molar-refractivity contribution in [1.29, 1.82) is 0 Å². The van der Waals surface area contributed by atoms with Gasteiger partial charge in [-0.15, -0.1) is 0 Å². The van der Waals surface area contributed by atoms with Crippen LogP contribution in [0.3, 0.4) is 0 Å². The molecule has 0 atom stereocenters. The highest BCUT2D eigenvalue weighted by atomic mass is 127. The van der Waals surface area contributed by atoms with Crippen molar-refractivity contribution in [3.8, 4) is 5.69 Å². The van der Waals surface area contributed by atoms with Gasteiger partial charge in [-0.2, -0.15) is 0 Å². The van der Waals surface area contributed by atoms with Crippen molar-refractivity contribution < 1.29 is 9.18 Å². The molecular weight excluding hydrogens is 592 g/mol. The summed E-state index contributed by atoms with van der Waals surface area (Å²) in [6.07, 6.45) is 1.32. The molecule has 0 saturated heterocycles. The molecule has 2 aromatic carbocycles. The Kier molecular flexibility index (Phi) is 6.26. The first-order chi connectivity index (χ1) is 17.6. The predicted octanol–water partition coefficient (Wildman–Crippen LogP) is 3.94. The molecule has 190 valence electrons. The zero-order valence-corrected chi connectivity index (χ0v) is 22.4. The van der Waals surface area contributed by atoms with Crippen LogP contribution < -0.4 is 27.4 Å². The van der Waals surface area contributed by atoms with Gasteiger partial charge in [0.25, 0.3) is 11.1 Å². The number of nitrogens with one attached hydrogen (secondary N) is 2. The Balaban J connectivity index is 1.84. The number of rotatable bonds is 5. The summed E-state index contributed by atoms with van der Waals surface area (Å²) in [5.74, 6) is -0.858. The highest BCUT2D eigenvalue weighted by molar-refractivity contribution is 14.1. The lowest BCUT2D eigenvalue weighted by molar-refractivity contribution is -0.114. The van der Waals surface area contributed by atoms with E-state index >= 15 is 4.39 Å². The Morgan fingerprint density at radius 2 is 1.68 bits per heavy atom. The normalized spacial score (nSPS) is 13.1. The van der Waals surface area contributed by atoms with Crippen LogP contribution >= 0.6 is 22.6 Å². The summed E-state index contributed by atoms with van der Waals surface area (Å²) in [4.78, 5) is 52.1. The molecule has 2 aromatic heterocycles. The fourth-order valence-corrected chi connectivity index (χ4v) is 4.92. The molecular formula is C26H23FIN5O4. The first-order valence-corrected chi connectivity index (χ1v) is 12.7. The average Bonchev–Trinajstić information content (AvgIpc) is 3.67. The Hall–Kier alpha value is -3.74. The number of carbonyl (C=O) groups is 1. The minimum Gasteiger partial charge on any atom is -0.354 e. The number of hydrogen-bond acceptors (Lipinski definition) is 5. The molecule has 0 aliphatic heterocycles. The van der Waals surface area contributed by atoms with Gasteiger partial charge < -0.3 is 10.6 Å². The van der Waals surface area contributed by atoms with Crippen molar-refractivity contribution in [3.05, 3.63) is 88.6 Å². The number of anilines is 3. The maximum Gasteiger partial charge on any atom is 0.337 e. The number of pyridine rings is 1. The number of amides is 1. The SMILES string of the molecule is CC(=O)Nc1ccc(Nc2c(C)c(=O)n(C)c3c2c(=O)n(C2CC2)c(=O)n3-c2ccc(I)cc2F)cc1. The molecule has 1 amide bonds. The fraction of sp³-hybridized carbons (Fsp3) is 0.231. The maximum atomic E-state index is 15.2. The van der Waals surface area contributed by atoms with Crippen molar-refractivity contribution in [2.75, 3.05) is 10.6 Å². The molecule has 11 heteroatoms. The molecule has 1 aliphatic rings. The van der Waals surface area contributed by atoms with Crippen LogP contribution in [0.2, 0.25) is 0 Å². The third kappa shape index (κ3) is 4.37. The molecule has 5 rings (SSSR count). The molecule has 0 bridgehead atoms. The average molecular weight is 615 g/mol. The number of benzene rings is 2. The molecule has 1 saturated carbocycles. The van der Waals surface area contributed by atoms with Crippen LogP contribution in [-0.2, 0) is 11.8 Å². The van der Waals surface area contributed by atoms with Crippen LogP contribution in [0.5, 0.6) is 0 Å². The molecule has 0 radical (unpaired) electrons. The highest BCUT2D eigenvalue weighted by Gasteiger charge is 2.32. The summed E-state index contributed by atoms with van der Waals surface area (Å²) in [6.45, 7) is 3.00. The summed E-state index contributed by atoms with van der Waals surface area (Å²) in [6, 6.07) is 10.9. The van der Waals surface area contributed by atoms with E-state index in [0.717, 1.165) is 9.13 Å². The van der Waals surface area contributed by atoms with Crippen molar-refractivity contribution in [2.45, 2.75) is 32.7 Å². The van der Waals surface area contributed by atoms with Gasteiger partial charge in [0.05, 0.1) is 11.4 Å². The highest BCUT2D eigenvalue weighted by Crippen LogP contribution is 2.34. The van der Waals surface area contributed by atoms with E-state index in [4.69, 9.17) is 0 Å². The van der Waals surface area contributed by atoms with Gasteiger partial charge in [0.15, 0.2) is 0 Å². The van der Waals surface area contributed by atoms with Crippen LogP contribution in [0.25, 0.3) is 16.7 Å². The third-order valence-corrected chi connectivity index (χ3v) is 7.04. The number of aromatic nitrogens is 3. The number of nitrogens with zero attached hydrogens (tertiary/aromatic N) is 3. The molecule has 1 fully saturated rings. The number of aryl methyl sites for hydroxylation is 1. The molecule has 37 heavy (non-hydrogen) atoms. The second kappa shape index (κ2) is 9.29. The van der Waals surface area contributed by atoms with Crippen molar-refractivity contribution >= 4 is 56.6 Å². The third-order valence-electron chi connectivity index (χ3n) is 6.37. The second-order valence-corrected chi connectivity index (χ2v) is 10.3. The zero-order valence-electron chi connectivity index (χ0n) is 20.3. The van der Waals surface area contributed by atoms with Crippen molar-refractivity contribution in [2.24, 2.45) is 7.05 Å². The minimum atomic E-state index is -0.690. The molecule has 9 nitrogen and oxygen atoms in total. The molecule has 0 unspecified atom stereocenters. The Morgan fingerprint density at radius 1 is 1.03 bits per heavy atom. The first kappa shape index (κ1) is 24.9. The van der Waals surface area contributed by atoms with E-state index in [9.17, 15) is 19.2 Å². The van der Waals surface area contributed by atoms with E-state index in [2.05, 4.69) is 10.6 Å². The Bertz CT molecular complexity index is 1770. The summed E-state index contributed by atoms with van der Waals surface area (Å²) in [5.41, 5.74) is -0.0600. The number of fused-ring (bicyclic) bond motifs is 1. The summed E-state index contributed by atoms with van der Waals surface area (Å²) in [7, 11) is 1.46. The van der Waals surface area contributed by atoms with Crippen LogP contribution in [-0.4, -0.2) is 19.6 Å². The quantitative estimate of drug-likeness (QED) is 0.331. The van der Waals surface area contributed by atoms with Crippen LogP contribution in [0.15, 0.2) is 56.8 Å². The lowest BCUT2D eigenvalue weighted by Gasteiger charge is -2.20. The molecule has 4 aromatic rings. The standard InChI is InChI=1S/C26H23FIN5O4/c1-13-22(30-17-7-5-16(6-8-17)29-14(2)34)21-23(31(3)24(13)35)33(20-11-4-15(28)12-19(20)27)26(37)32(25(21)36)18-9-10-18/h4-8,11-12,18,30H,9-10H2,1-3H3,(H,29,34). The summed E-state index contributed by atoms with van der Waals surface area (Å²) >= 11 is 1.97. The number of halogens is 2.